The molecular weight excluding hydrogens is 196 g/mol. The zero-order valence-electron chi connectivity index (χ0n) is 7.27. The molecule has 0 aromatic carbocycles. The Bertz CT molecular complexity index is 351. The van der Waals surface area contributed by atoms with Gasteiger partial charge in [-0.05, 0) is 19.4 Å². The van der Waals surface area contributed by atoms with Gasteiger partial charge in [0.2, 0.25) is 0 Å². The third-order valence-electron chi connectivity index (χ3n) is 1.42. The van der Waals surface area contributed by atoms with Crippen molar-refractivity contribution in [3.8, 4) is 0 Å². The molecule has 1 unspecified atom stereocenters. The first-order valence-electron chi connectivity index (χ1n) is 3.39. The van der Waals surface area contributed by atoms with E-state index in [1.165, 1.54) is 6.92 Å². The first-order chi connectivity index (χ1) is 5.68. The zero-order chi connectivity index (χ0) is 10.8. The van der Waals surface area contributed by atoms with E-state index in [1.54, 1.807) is 0 Å². The van der Waals surface area contributed by atoms with Gasteiger partial charge < -0.3 is 0 Å². The molecule has 0 rings (SSSR count). The Hall–Kier alpha value is -1.01. The molecule has 0 aromatic rings. The number of Topliss-reactive ketones (excluding diaryl/α,β-unsaturated/α-hetero) is 1. The van der Waals surface area contributed by atoms with Gasteiger partial charge in [-0.2, -0.15) is 8.42 Å². The predicted octanol–water partition coefficient (Wildman–Crippen LogP) is 0.182. The van der Waals surface area contributed by atoms with Crippen LogP contribution in [-0.2, 0) is 19.7 Å². The molecule has 0 aliphatic rings. The summed E-state index contributed by atoms with van der Waals surface area (Å²) in [5.41, 5.74) is 0.0736. The average Bonchev–Trinajstić information content (AvgIpc) is 1.98. The molecule has 0 radical (unpaired) electrons. The smallest absolute Gasteiger partial charge is 0.294 e. The Morgan fingerprint density at radius 1 is 1.38 bits per heavy atom. The lowest BCUT2D eigenvalue weighted by Gasteiger charge is -2.05. The normalized spacial score (nSPS) is 13.5. The van der Waals surface area contributed by atoms with Crippen LogP contribution in [0.15, 0.2) is 12.2 Å². The van der Waals surface area contributed by atoms with Crippen molar-refractivity contribution in [2.24, 2.45) is 5.92 Å². The molecule has 0 amide bonds. The van der Waals surface area contributed by atoms with E-state index < -0.39 is 26.9 Å². The van der Waals surface area contributed by atoms with Gasteiger partial charge in [0.25, 0.3) is 5.12 Å². The molecule has 0 aliphatic heterocycles. The Balaban J connectivity index is 4.84. The van der Waals surface area contributed by atoms with Crippen molar-refractivity contribution in [3.05, 3.63) is 12.2 Å². The molecule has 1 atom stereocenters. The number of carbonyl (C=O) groups is 2. The van der Waals surface area contributed by atoms with Gasteiger partial charge in [0.05, 0.1) is 5.92 Å². The molecular formula is C7H10O5S. The maximum atomic E-state index is 11.0. The molecule has 5 nitrogen and oxygen atoms in total. The van der Waals surface area contributed by atoms with Crippen molar-refractivity contribution in [2.45, 2.75) is 13.8 Å². The zero-order valence-corrected chi connectivity index (χ0v) is 8.09. The first kappa shape index (κ1) is 12.0. The molecule has 0 saturated heterocycles. The largest absolute Gasteiger partial charge is 0.329 e. The first-order valence-corrected chi connectivity index (χ1v) is 4.83. The van der Waals surface area contributed by atoms with Crippen LogP contribution in [0, 0.1) is 5.92 Å². The van der Waals surface area contributed by atoms with Crippen molar-refractivity contribution >= 4 is 21.0 Å². The second kappa shape index (κ2) is 3.80. The van der Waals surface area contributed by atoms with Crippen molar-refractivity contribution in [1.82, 2.24) is 0 Å². The molecule has 0 aromatic heterocycles. The second-order valence-corrected chi connectivity index (χ2v) is 4.01. The fourth-order valence-electron chi connectivity index (χ4n) is 0.700. The molecule has 0 aliphatic carbocycles. The molecule has 0 heterocycles. The SMILES string of the molecule is C=C(C)C(=O)C(C)C(=O)S(=O)(=O)O. The highest BCUT2D eigenvalue weighted by atomic mass is 32.2. The fraction of sp³-hybridized carbons (Fsp3) is 0.429. The van der Waals surface area contributed by atoms with Crippen LogP contribution in [0.1, 0.15) is 13.8 Å². The number of hydrogen-bond donors (Lipinski definition) is 1. The Kier molecular flexibility index (Phi) is 3.50. The Morgan fingerprint density at radius 3 is 2.00 bits per heavy atom. The Labute approximate surface area is 76.2 Å². The summed E-state index contributed by atoms with van der Waals surface area (Å²) in [6, 6.07) is 0. The summed E-state index contributed by atoms with van der Waals surface area (Å²) in [6.07, 6.45) is 0. The highest BCUT2D eigenvalue weighted by Gasteiger charge is 2.30. The number of hydrogen-bond acceptors (Lipinski definition) is 4. The minimum absolute atomic E-state index is 0.0736. The second-order valence-electron chi connectivity index (χ2n) is 2.66. The summed E-state index contributed by atoms with van der Waals surface area (Å²) in [5.74, 6) is -2.09. The van der Waals surface area contributed by atoms with Crippen LogP contribution in [0.4, 0.5) is 0 Å². The van der Waals surface area contributed by atoms with Gasteiger partial charge in [-0.1, -0.05) is 6.58 Å². The molecule has 1 N–H and O–H groups in total. The van der Waals surface area contributed by atoms with Crippen LogP contribution in [0.25, 0.3) is 0 Å². The topological polar surface area (TPSA) is 88.5 Å². The van der Waals surface area contributed by atoms with Gasteiger partial charge in [-0.25, -0.2) is 0 Å². The quantitative estimate of drug-likeness (QED) is 0.404. The number of rotatable bonds is 3. The van der Waals surface area contributed by atoms with Gasteiger partial charge in [0.15, 0.2) is 5.78 Å². The van der Waals surface area contributed by atoms with Gasteiger partial charge in [0.1, 0.15) is 0 Å². The van der Waals surface area contributed by atoms with E-state index in [9.17, 15) is 18.0 Å². The fourth-order valence-corrected chi connectivity index (χ4v) is 1.25. The van der Waals surface area contributed by atoms with Gasteiger partial charge >= 0.3 is 10.1 Å². The summed E-state index contributed by atoms with van der Waals surface area (Å²) < 4.78 is 29.0. The van der Waals surface area contributed by atoms with Crippen LogP contribution in [0.5, 0.6) is 0 Å². The van der Waals surface area contributed by atoms with E-state index in [-0.39, 0.29) is 5.57 Å². The number of allylic oxidation sites excluding steroid dienone is 1. The standard InChI is InChI=1S/C7H10O5S/c1-4(2)6(8)5(3)7(9)13(10,11)12/h5H,1H2,2-3H3,(H,10,11,12). The molecule has 13 heavy (non-hydrogen) atoms. The third-order valence-corrected chi connectivity index (χ3v) is 2.28. The summed E-state index contributed by atoms with van der Waals surface area (Å²) >= 11 is 0. The maximum Gasteiger partial charge on any atom is 0.329 e. The van der Waals surface area contributed by atoms with Crippen molar-refractivity contribution in [1.29, 1.82) is 0 Å². The van der Waals surface area contributed by atoms with Crippen LogP contribution in [-0.4, -0.2) is 23.9 Å². The monoisotopic (exact) mass is 206 g/mol. The lowest BCUT2D eigenvalue weighted by atomic mass is 10.0. The third kappa shape index (κ3) is 3.08. The van der Waals surface area contributed by atoms with E-state index in [4.69, 9.17) is 4.55 Å². The minimum atomic E-state index is -4.78. The molecule has 0 saturated carbocycles. The van der Waals surface area contributed by atoms with Gasteiger partial charge in [-0.15, -0.1) is 0 Å². The van der Waals surface area contributed by atoms with E-state index >= 15 is 0 Å². The molecule has 0 bridgehead atoms. The molecule has 0 spiro atoms. The van der Waals surface area contributed by atoms with Crippen LogP contribution < -0.4 is 0 Å². The number of ketones is 1. The van der Waals surface area contributed by atoms with E-state index in [2.05, 4.69) is 6.58 Å². The highest BCUT2D eigenvalue weighted by molar-refractivity contribution is 8.01. The van der Waals surface area contributed by atoms with E-state index in [0.29, 0.717) is 0 Å². The number of carbonyl (C=O) groups excluding carboxylic acids is 2. The minimum Gasteiger partial charge on any atom is -0.294 e. The molecule has 74 valence electrons. The van der Waals surface area contributed by atoms with E-state index in [0.717, 1.165) is 6.92 Å². The maximum absolute atomic E-state index is 11.0. The lowest BCUT2D eigenvalue weighted by Crippen LogP contribution is -2.27. The van der Waals surface area contributed by atoms with Crippen LogP contribution in [0.3, 0.4) is 0 Å². The lowest BCUT2D eigenvalue weighted by molar-refractivity contribution is -0.126. The average molecular weight is 206 g/mol. The summed E-state index contributed by atoms with van der Waals surface area (Å²) in [5, 5.41) is -1.50. The molecule has 6 heteroatoms. The predicted molar refractivity (Wildman–Crippen MR) is 45.5 cm³/mol. The summed E-state index contributed by atoms with van der Waals surface area (Å²) in [4.78, 5) is 21.8. The van der Waals surface area contributed by atoms with Crippen molar-refractivity contribution in [2.75, 3.05) is 0 Å². The van der Waals surface area contributed by atoms with Crippen LogP contribution in [0.2, 0.25) is 0 Å². The van der Waals surface area contributed by atoms with Crippen molar-refractivity contribution < 1.29 is 22.6 Å². The van der Waals surface area contributed by atoms with Gasteiger partial charge in [0, 0.05) is 0 Å². The summed E-state index contributed by atoms with van der Waals surface area (Å²) in [6.45, 7) is 5.72. The highest BCUT2D eigenvalue weighted by Crippen LogP contribution is 2.08. The van der Waals surface area contributed by atoms with Crippen LogP contribution >= 0.6 is 0 Å². The molecule has 0 fully saturated rings. The van der Waals surface area contributed by atoms with Crippen molar-refractivity contribution in [3.63, 3.8) is 0 Å². The van der Waals surface area contributed by atoms with Gasteiger partial charge in [-0.3, -0.25) is 14.1 Å². The van der Waals surface area contributed by atoms with E-state index in [1.807, 2.05) is 0 Å². The Morgan fingerprint density at radius 2 is 1.77 bits per heavy atom. The summed E-state index contributed by atoms with van der Waals surface area (Å²) in [7, 11) is -4.78.